The molecule has 0 saturated carbocycles. The van der Waals surface area contributed by atoms with Crippen molar-refractivity contribution in [2.45, 2.75) is 19.4 Å². The Balaban J connectivity index is 2.62. The van der Waals surface area contributed by atoms with Crippen molar-refractivity contribution in [2.24, 2.45) is 5.73 Å². The Hall–Kier alpha value is -1.75. The van der Waals surface area contributed by atoms with Crippen LogP contribution < -0.4 is 11.1 Å². The Morgan fingerprint density at radius 2 is 2.44 bits per heavy atom. The SMILES string of the molecule is CC(N)C/C(C=N)=C/Nc1ccc(F)cn1. The smallest absolute Gasteiger partial charge is 0.141 e. The minimum absolute atomic E-state index is 0.00386. The molecule has 0 aromatic carbocycles. The number of nitrogens with zero attached hydrogens (tertiary/aromatic N) is 1. The van der Waals surface area contributed by atoms with Gasteiger partial charge in [0.1, 0.15) is 11.6 Å². The van der Waals surface area contributed by atoms with Crippen LogP contribution in [0.2, 0.25) is 0 Å². The second-order valence-corrected chi connectivity index (χ2v) is 3.55. The summed E-state index contributed by atoms with van der Waals surface area (Å²) in [5.74, 6) is 0.155. The molecule has 0 spiro atoms. The summed E-state index contributed by atoms with van der Waals surface area (Å²) >= 11 is 0. The van der Waals surface area contributed by atoms with E-state index in [4.69, 9.17) is 11.1 Å². The molecule has 0 fully saturated rings. The highest BCUT2D eigenvalue weighted by Gasteiger charge is 1.98. The summed E-state index contributed by atoms with van der Waals surface area (Å²) in [5, 5.41) is 10.1. The highest BCUT2D eigenvalue weighted by Crippen LogP contribution is 2.06. The van der Waals surface area contributed by atoms with Gasteiger partial charge in [-0.25, -0.2) is 9.37 Å². The molecule has 1 unspecified atom stereocenters. The van der Waals surface area contributed by atoms with Crippen LogP contribution in [-0.4, -0.2) is 17.2 Å². The molecular weight excluding hydrogens is 207 g/mol. The molecule has 1 aromatic heterocycles. The first-order valence-corrected chi connectivity index (χ1v) is 4.95. The molecule has 4 N–H and O–H groups in total. The quantitative estimate of drug-likeness (QED) is 0.666. The van der Waals surface area contributed by atoms with E-state index >= 15 is 0 Å². The minimum atomic E-state index is -0.377. The topological polar surface area (TPSA) is 74.8 Å². The highest BCUT2D eigenvalue weighted by molar-refractivity contribution is 5.76. The van der Waals surface area contributed by atoms with Crippen LogP contribution in [0.25, 0.3) is 0 Å². The van der Waals surface area contributed by atoms with Crippen LogP contribution in [0.4, 0.5) is 10.2 Å². The summed E-state index contributed by atoms with van der Waals surface area (Å²) in [4.78, 5) is 3.83. The van der Waals surface area contributed by atoms with Crippen molar-refractivity contribution in [1.29, 1.82) is 5.41 Å². The Morgan fingerprint density at radius 1 is 1.69 bits per heavy atom. The van der Waals surface area contributed by atoms with Gasteiger partial charge in [0, 0.05) is 18.5 Å². The molecule has 1 rings (SSSR count). The van der Waals surface area contributed by atoms with E-state index in [9.17, 15) is 4.39 Å². The lowest BCUT2D eigenvalue weighted by molar-refractivity contribution is 0.622. The molecule has 0 radical (unpaired) electrons. The van der Waals surface area contributed by atoms with E-state index < -0.39 is 0 Å². The van der Waals surface area contributed by atoms with Crippen molar-refractivity contribution in [3.63, 3.8) is 0 Å². The lowest BCUT2D eigenvalue weighted by Gasteiger charge is -2.06. The number of aromatic nitrogens is 1. The zero-order valence-electron chi connectivity index (χ0n) is 9.07. The van der Waals surface area contributed by atoms with E-state index in [2.05, 4.69) is 10.3 Å². The number of rotatable bonds is 5. The molecule has 0 aliphatic carbocycles. The van der Waals surface area contributed by atoms with E-state index in [0.717, 1.165) is 11.8 Å². The van der Waals surface area contributed by atoms with Crippen molar-refractivity contribution < 1.29 is 4.39 Å². The van der Waals surface area contributed by atoms with Crippen LogP contribution in [0.5, 0.6) is 0 Å². The number of nitrogens with two attached hydrogens (primary N) is 1. The second-order valence-electron chi connectivity index (χ2n) is 3.55. The van der Waals surface area contributed by atoms with Crippen molar-refractivity contribution in [1.82, 2.24) is 4.98 Å². The van der Waals surface area contributed by atoms with E-state index in [1.807, 2.05) is 6.92 Å². The van der Waals surface area contributed by atoms with Crippen molar-refractivity contribution >= 4 is 12.0 Å². The number of nitrogens with one attached hydrogen (secondary N) is 2. The Morgan fingerprint density at radius 3 is 2.94 bits per heavy atom. The molecule has 1 atom stereocenters. The monoisotopic (exact) mass is 222 g/mol. The third-order valence-electron chi connectivity index (χ3n) is 1.88. The fourth-order valence-electron chi connectivity index (χ4n) is 1.16. The average Bonchev–Trinajstić information content (AvgIpc) is 2.26. The lowest BCUT2D eigenvalue weighted by Crippen LogP contribution is -2.16. The Labute approximate surface area is 93.9 Å². The predicted octanol–water partition coefficient (Wildman–Crippen LogP) is 1.90. The molecule has 0 bridgehead atoms. The van der Waals surface area contributed by atoms with Gasteiger partial charge in [-0.2, -0.15) is 0 Å². The van der Waals surface area contributed by atoms with Crippen molar-refractivity contribution in [2.75, 3.05) is 5.32 Å². The summed E-state index contributed by atoms with van der Waals surface area (Å²) < 4.78 is 12.6. The van der Waals surface area contributed by atoms with Gasteiger partial charge >= 0.3 is 0 Å². The summed E-state index contributed by atoms with van der Waals surface area (Å²) in [5.41, 5.74) is 6.39. The van der Waals surface area contributed by atoms with Crippen LogP contribution in [0.15, 0.2) is 30.1 Å². The van der Waals surface area contributed by atoms with Crippen LogP contribution in [0, 0.1) is 11.2 Å². The first kappa shape index (κ1) is 12.3. The molecule has 86 valence electrons. The van der Waals surface area contributed by atoms with E-state index in [1.165, 1.54) is 18.3 Å². The third-order valence-corrected chi connectivity index (χ3v) is 1.88. The number of hydrogen-bond donors (Lipinski definition) is 3. The number of anilines is 1. The van der Waals surface area contributed by atoms with Crippen molar-refractivity contribution in [3.05, 3.63) is 35.9 Å². The zero-order chi connectivity index (χ0) is 12.0. The second kappa shape index (κ2) is 5.97. The average molecular weight is 222 g/mol. The van der Waals surface area contributed by atoms with Crippen LogP contribution in [0.3, 0.4) is 0 Å². The van der Waals surface area contributed by atoms with Gasteiger partial charge in [-0.3, -0.25) is 0 Å². The summed E-state index contributed by atoms with van der Waals surface area (Å²) in [6.07, 6.45) is 4.62. The molecule has 0 aliphatic rings. The first-order chi connectivity index (χ1) is 7.61. The van der Waals surface area contributed by atoms with Crippen LogP contribution in [0.1, 0.15) is 13.3 Å². The zero-order valence-corrected chi connectivity index (χ0v) is 9.07. The maximum Gasteiger partial charge on any atom is 0.141 e. The molecule has 4 nitrogen and oxygen atoms in total. The predicted molar refractivity (Wildman–Crippen MR) is 63.0 cm³/mol. The maximum absolute atomic E-state index is 12.6. The third kappa shape index (κ3) is 4.18. The molecule has 1 heterocycles. The maximum atomic E-state index is 12.6. The highest BCUT2D eigenvalue weighted by atomic mass is 19.1. The van der Waals surface area contributed by atoms with E-state index in [-0.39, 0.29) is 11.9 Å². The molecule has 5 heteroatoms. The van der Waals surface area contributed by atoms with Gasteiger partial charge in [0.2, 0.25) is 0 Å². The fourth-order valence-corrected chi connectivity index (χ4v) is 1.16. The lowest BCUT2D eigenvalue weighted by atomic mass is 10.1. The molecule has 1 aromatic rings. The largest absolute Gasteiger partial charge is 0.346 e. The molecule has 0 amide bonds. The van der Waals surface area contributed by atoms with Gasteiger partial charge in [-0.05, 0) is 31.1 Å². The van der Waals surface area contributed by atoms with Gasteiger partial charge in [0.25, 0.3) is 0 Å². The first-order valence-electron chi connectivity index (χ1n) is 4.95. The van der Waals surface area contributed by atoms with Gasteiger partial charge in [0.15, 0.2) is 0 Å². The molecule has 0 saturated heterocycles. The van der Waals surface area contributed by atoms with Crippen LogP contribution >= 0.6 is 0 Å². The number of hydrogen-bond acceptors (Lipinski definition) is 4. The van der Waals surface area contributed by atoms with E-state index in [1.54, 1.807) is 6.20 Å². The Bertz CT molecular complexity index is 370. The van der Waals surface area contributed by atoms with E-state index in [0.29, 0.717) is 12.2 Å². The summed E-state index contributed by atoms with van der Waals surface area (Å²) in [6, 6.07) is 2.84. The number of pyridine rings is 1. The molecule has 0 aliphatic heterocycles. The van der Waals surface area contributed by atoms with Gasteiger partial charge in [-0.1, -0.05) is 0 Å². The van der Waals surface area contributed by atoms with Gasteiger partial charge < -0.3 is 16.5 Å². The number of halogens is 1. The summed E-state index contributed by atoms with van der Waals surface area (Å²) in [6.45, 7) is 1.87. The Kier molecular flexibility index (Phi) is 4.60. The van der Waals surface area contributed by atoms with Gasteiger partial charge in [-0.15, -0.1) is 0 Å². The van der Waals surface area contributed by atoms with Gasteiger partial charge in [0.05, 0.1) is 6.20 Å². The minimum Gasteiger partial charge on any atom is -0.346 e. The standard InChI is InChI=1S/C11H15FN4/c1-8(14)4-9(5-13)6-15-11-3-2-10(12)7-16-11/h2-3,5-8,13H,4,14H2,1H3,(H,15,16)/b9-6-,13-5?. The fraction of sp³-hybridized carbons (Fsp3) is 0.273. The normalized spacial score (nSPS) is 13.3. The van der Waals surface area contributed by atoms with Crippen LogP contribution in [-0.2, 0) is 0 Å². The summed E-state index contributed by atoms with van der Waals surface area (Å²) in [7, 11) is 0. The molecule has 16 heavy (non-hydrogen) atoms. The molecular formula is C11H15FN4. The van der Waals surface area contributed by atoms with Crippen molar-refractivity contribution in [3.8, 4) is 0 Å².